The van der Waals surface area contributed by atoms with Crippen LogP contribution >= 0.6 is 11.1 Å². The molecule has 0 saturated heterocycles. The highest BCUT2D eigenvalue weighted by atomic mass is 35.6. The van der Waals surface area contributed by atoms with Gasteiger partial charge in [0.15, 0.2) is 0 Å². The van der Waals surface area contributed by atoms with Gasteiger partial charge in [0.25, 0.3) is 0 Å². The van der Waals surface area contributed by atoms with E-state index in [0.717, 1.165) is 6.08 Å². The third-order valence-electron chi connectivity index (χ3n) is 1.67. The van der Waals surface area contributed by atoms with Gasteiger partial charge >= 0.3 is 24.2 Å². The number of ether oxygens (including phenoxy) is 1. The average Bonchev–Trinajstić information content (AvgIpc) is 2.27. The van der Waals surface area contributed by atoms with E-state index in [-0.39, 0.29) is 7.43 Å². The summed E-state index contributed by atoms with van der Waals surface area (Å²) in [4.78, 5) is 0. The van der Waals surface area contributed by atoms with Gasteiger partial charge in [0, 0.05) is 0 Å². The molecule has 0 radical (unpaired) electrons. The fraction of sp³-hybridized carbons (Fsp3) is 0.818. The summed E-state index contributed by atoms with van der Waals surface area (Å²) in [5.74, 6) is -17.8. The monoisotopic (exact) mass is 382 g/mol. The molecule has 0 aromatic carbocycles. The molecular weight excluding hydrogens is 364 g/mol. The quantitative estimate of drug-likeness (QED) is 0.193. The van der Waals surface area contributed by atoms with Gasteiger partial charge in [-0.2, -0.15) is 37.4 Å². The molecule has 0 amide bonds. The molecule has 0 unspecified atom stereocenters. The molecule has 0 aromatic heterocycles. The van der Waals surface area contributed by atoms with E-state index < -0.39 is 45.5 Å². The maximum absolute atomic E-state index is 12.7. The van der Waals surface area contributed by atoms with Crippen LogP contribution in [0.15, 0.2) is 12.7 Å². The lowest BCUT2D eigenvalue weighted by atomic mass is 10.1. The molecule has 0 aliphatic heterocycles. The predicted molar refractivity (Wildman–Crippen MR) is 73.3 cm³/mol. The van der Waals surface area contributed by atoms with Gasteiger partial charge in [-0.3, -0.25) is 0 Å². The second kappa shape index (κ2) is 10.4. The van der Waals surface area contributed by atoms with Gasteiger partial charge in [0.2, 0.25) is 0 Å². The van der Waals surface area contributed by atoms with Crippen LogP contribution in [-0.2, 0) is 4.74 Å². The van der Waals surface area contributed by atoms with Crippen molar-refractivity contribution in [3.63, 3.8) is 0 Å². The zero-order valence-electron chi connectivity index (χ0n) is 11.2. The Balaban J connectivity index is -0.000000640. The van der Waals surface area contributed by atoms with Crippen LogP contribution in [0.1, 0.15) is 7.43 Å². The molecule has 0 saturated carbocycles. The van der Waals surface area contributed by atoms with Gasteiger partial charge in [-0.25, -0.2) is 8.78 Å². The Labute approximate surface area is 130 Å². The molecule has 0 aromatic rings. The van der Waals surface area contributed by atoms with Gasteiger partial charge < -0.3 is 4.74 Å². The van der Waals surface area contributed by atoms with Crippen LogP contribution in [-0.4, -0.2) is 45.5 Å². The zero-order valence-corrected chi connectivity index (χ0v) is 13.1. The lowest BCUT2D eigenvalue weighted by Crippen LogP contribution is -2.59. The summed E-state index contributed by atoms with van der Waals surface area (Å²) in [5, 5.41) is 0. The van der Waals surface area contributed by atoms with E-state index in [1.165, 1.54) is 0 Å². The van der Waals surface area contributed by atoms with Crippen LogP contribution in [0.5, 0.6) is 0 Å². The van der Waals surface area contributed by atoms with E-state index in [0.29, 0.717) is 0 Å². The summed E-state index contributed by atoms with van der Waals surface area (Å²) in [6, 6.07) is 0. The molecule has 0 bridgehead atoms. The first-order chi connectivity index (χ1) is 9.24. The minimum absolute atomic E-state index is 0. The third kappa shape index (κ3) is 7.77. The summed E-state index contributed by atoms with van der Waals surface area (Å²) < 4.78 is 102. The van der Waals surface area contributed by atoms with E-state index in [1.54, 1.807) is 0 Å². The van der Waals surface area contributed by atoms with Crippen molar-refractivity contribution in [2.45, 2.75) is 44.7 Å². The lowest BCUT2D eigenvalue weighted by Gasteiger charge is -2.31. The van der Waals surface area contributed by atoms with Crippen LogP contribution in [0, 0.1) is 0 Å². The molecule has 0 heterocycles. The number of rotatable bonds is 7. The summed E-state index contributed by atoms with van der Waals surface area (Å²) in [6.45, 7) is 4.41. The second-order valence-corrected chi connectivity index (χ2v) is 8.67. The number of hydrogen-bond acceptors (Lipinski definition) is 1. The van der Waals surface area contributed by atoms with E-state index in [2.05, 4.69) is 24.4 Å². The Morgan fingerprint density at radius 3 is 1.77 bits per heavy atom. The SMILES string of the molecule is C.C=CCOCC(F)(F)C(F)(F)C(F)(F)C(F)F.C[SiH](C)Cl. The maximum atomic E-state index is 12.7. The topological polar surface area (TPSA) is 9.23 Å². The Morgan fingerprint density at radius 1 is 1.14 bits per heavy atom. The normalized spacial score (nSPS) is 12.6. The van der Waals surface area contributed by atoms with Crippen LogP contribution in [0.25, 0.3) is 0 Å². The number of hydrogen-bond donors (Lipinski definition) is 0. The highest BCUT2D eigenvalue weighted by molar-refractivity contribution is 7.05. The molecule has 0 aliphatic rings. The Morgan fingerprint density at radius 2 is 1.50 bits per heavy atom. The standard InChI is InChI=1S/C8H8F8O.C2H7ClSi.CH4/c1-2-3-17-4-6(11,12)8(15,16)7(13,14)5(9)10;1-4(2)3;/h2,5H,1,3-4H2;4H,1-2H3;1H4. The smallest absolute Gasteiger partial charge is 0.371 e. The van der Waals surface area contributed by atoms with Gasteiger partial charge in [0.05, 0.1) is 6.61 Å². The maximum Gasteiger partial charge on any atom is 0.380 e. The number of halogens is 9. The van der Waals surface area contributed by atoms with Crippen molar-refractivity contribution in [2.24, 2.45) is 0 Å². The van der Waals surface area contributed by atoms with Crippen LogP contribution in [0.3, 0.4) is 0 Å². The minimum Gasteiger partial charge on any atom is -0.371 e. The van der Waals surface area contributed by atoms with Crippen molar-refractivity contribution in [1.29, 1.82) is 0 Å². The lowest BCUT2D eigenvalue weighted by molar-refractivity contribution is -0.345. The fourth-order valence-corrected chi connectivity index (χ4v) is 0.742. The first-order valence-electron chi connectivity index (χ1n) is 5.48. The molecule has 0 spiro atoms. The summed E-state index contributed by atoms with van der Waals surface area (Å²) >= 11 is 5.41. The third-order valence-corrected chi connectivity index (χ3v) is 1.67. The molecule has 1 nitrogen and oxygen atoms in total. The largest absolute Gasteiger partial charge is 0.380 e. The van der Waals surface area contributed by atoms with Crippen molar-refractivity contribution in [3.8, 4) is 0 Å². The summed E-state index contributed by atoms with van der Waals surface area (Å²) in [6.07, 6.45) is -4.01. The van der Waals surface area contributed by atoms with Crippen LogP contribution in [0.2, 0.25) is 13.1 Å². The predicted octanol–water partition coefficient (Wildman–Crippen LogP) is 5.20. The van der Waals surface area contributed by atoms with Gasteiger partial charge in [-0.05, 0) is 0 Å². The molecule has 0 fully saturated rings. The van der Waals surface area contributed by atoms with Crippen molar-refractivity contribution in [1.82, 2.24) is 0 Å². The number of alkyl halides is 8. The van der Waals surface area contributed by atoms with Crippen molar-refractivity contribution in [2.75, 3.05) is 13.2 Å². The molecule has 0 aliphatic carbocycles. The molecule has 0 N–H and O–H groups in total. The minimum atomic E-state index is -6.21. The van der Waals surface area contributed by atoms with Crippen molar-refractivity contribution < 1.29 is 39.9 Å². The molecule has 0 rings (SSSR count). The first kappa shape index (κ1) is 26.5. The summed E-state index contributed by atoms with van der Waals surface area (Å²) in [5.41, 5.74) is 0. The Kier molecular flexibility index (Phi) is 12.6. The van der Waals surface area contributed by atoms with Crippen LogP contribution < -0.4 is 0 Å². The van der Waals surface area contributed by atoms with E-state index >= 15 is 0 Å². The molecule has 136 valence electrons. The van der Waals surface area contributed by atoms with E-state index in [1.807, 2.05) is 0 Å². The second-order valence-electron chi connectivity index (χ2n) is 4.02. The van der Waals surface area contributed by atoms with Crippen molar-refractivity contribution >= 4 is 19.2 Å². The fourth-order valence-electron chi connectivity index (χ4n) is 0.742. The van der Waals surface area contributed by atoms with E-state index in [4.69, 9.17) is 11.1 Å². The Bertz CT molecular complexity index is 310. The first-order valence-corrected chi connectivity index (χ1v) is 9.53. The zero-order chi connectivity index (χ0) is 17.5. The van der Waals surface area contributed by atoms with Crippen molar-refractivity contribution in [3.05, 3.63) is 12.7 Å². The van der Waals surface area contributed by atoms with Gasteiger partial charge in [-0.1, -0.05) is 26.6 Å². The summed E-state index contributed by atoms with van der Waals surface area (Å²) in [7, 11) is -0.667. The highest BCUT2D eigenvalue weighted by Gasteiger charge is 2.75. The average molecular weight is 383 g/mol. The van der Waals surface area contributed by atoms with Crippen LogP contribution in [0.4, 0.5) is 35.1 Å². The molecule has 11 heteroatoms. The highest BCUT2D eigenvalue weighted by Crippen LogP contribution is 2.48. The molecular formula is C11H19ClF8OSi. The van der Waals surface area contributed by atoms with E-state index in [9.17, 15) is 35.1 Å². The Hall–Kier alpha value is -0.353. The molecule has 0 atom stereocenters. The molecule has 22 heavy (non-hydrogen) atoms. The van der Waals surface area contributed by atoms with Gasteiger partial charge in [0.1, 0.15) is 14.7 Å². The van der Waals surface area contributed by atoms with Gasteiger partial charge in [-0.15, -0.1) is 6.58 Å².